The van der Waals surface area contributed by atoms with Crippen LogP contribution in [0.4, 0.5) is 0 Å². The van der Waals surface area contributed by atoms with Crippen LogP contribution in [0.3, 0.4) is 0 Å². The van der Waals surface area contributed by atoms with Gasteiger partial charge in [-0.2, -0.15) is 0 Å². The monoisotopic (exact) mass is 313 g/mol. The molecule has 1 aliphatic carbocycles. The molecule has 5 heteroatoms. The minimum Gasteiger partial charge on any atom is -0.497 e. The molecule has 0 amide bonds. The summed E-state index contributed by atoms with van der Waals surface area (Å²) in [6.45, 7) is 0.296. The van der Waals surface area contributed by atoms with E-state index in [9.17, 15) is 4.79 Å². The molecule has 1 heterocycles. The zero-order chi connectivity index (χ0) is 15.4. The van der Waals surface area contributed by atoms with E-state index in [0.29, 0.717) is 12.3 Å². The molecule has 0 radical (unpaired) electrons. The van der Waals surface area contributed by atoms with Crippen molar-refractivity contribution in [2.75, 3.05) is 13.7 Å². The number of allylic oxidation sites excluding steroid dienone is 2. The van der Waals surface area contributed by atoms with Crippen molar-refractivity contribution in [2.24, 2.45) is 0 Å². The van der Waals surface area contributed by atoms with Crippen molar-refractivity contribution >= 4 is 17.3 Å². The number of carbonyl (C=O) groups is 1. The molecule has 0 unspecified atom stereocenters. The largest absolute Gasteiger partial charge is 0.497 e. The highest BCUT2D eigenvalue weighted by molar-refractivity contribution is 7.13. The number of aromatic nitrogens is 1. The molecule has 22 heavy (non-hydrogen) atoms. The summed E-state index contributed by atoms with van der Waals surface area (Å²) in [4.78, 5) is 16.3. The van der Waals surface area contributed by atoms with Gasteiger partial charge in [-0.3, -0.25) is 0 Å². The van der Waals surface area contributed by atoms with Crippen LogP contribution in [0.15, 0.2) is 53.4 Å². The number of methoxy groups -OCH3 is 1. The van der Waals surface area contributed by atoms with E-state index in [2.05, 4.69) is 4.98 Å². The van der Waals surface area contributed by atoms with E-state index in [1.54, 1.807) is 12.5 Å². The van der Waals surface area contributed by atoms with Gasteiger partial charge in [0.25, 0.3) is 0 Å². The van der Waals surface area contributed by atoms with E-state index in [0.717, 1.165) is 28.3 Å². The Bertz CT molecular complexity index is 729. The Morgan fingerprint density at radius 2 is 2.14 bits per heavy atom. The fourth-order valence-corrected chi connectivity index (χ4v) is 2.87. The van der Waals surface area contributed by atoms with Gasteiger partial charge in [-0.25, -0.2) is 9.78 Å². The molecule has 0 spiro atoms. The average molecular weight is 313 g/mol. The fourth-order valence-electron chi connectivity index (χ4n) is 2.07. The second kappa shape index (κ2) is 6.58. The van der Waals surface area contributed by atoms with Gasteiger partial charge in [0.05, 0.1) is 7.11 Å². The van der Waals surface area contributed by atoms with E-state index in [-0.39, 0.29) is 0 Å². The number of rotatable bonds is 5. The summed E-state index contributed by atoms with van der Waals surface area (Å²) in [7, 11) is 1.63. The molecule has 112 valence electrons. The van der Waals surface area contributed by atoms with Crippen LogP contribution in [0, 0.1) is 0 Å². The number of hydrogen-bond donors (Lipinski definition) is 0. The van der Waals surface area contributed by atoms with E-state index < -0.39 is 5.97 Å². The summed E-state index contributed by atoms with van der Waals surface area (Å²) in [6.07, 6.45) is 6.95. The number of carbonyl (C=O) groups excluding carboxylic acids is 1. The predicted octanol–water partition coefficient (Wildman–Crippen LogP) is 3.86. The molecule has 1 aromatic heterocycles. The Kier molecular flexibility index (Phi) is 4.34. The van der Waals surface area contributed by atoms with Gasteiger partial charge < -0.3 is 9.47 Å². The number of thiazole rings is 1. The molecule has 0 bridgehead atoms. The third-order valence-corrected chi connectivity index (χ3v) is 4.16. The van der Waals surface area contributed by atoms with Crippen LogP contribution in [0.2, 0.25) is 0 Å². The predicted molar refractivity (Wildman–Crippen MR) is 86.2 cm³/mol. The van der Waals surface area contributed by atoms with Gasteiger partial charge in [0.1, 0.15) is 17.4 Å². The standard InChI is InChI=1S/C17H15NO3S/c1-20-14-8-6-13(7-9-14)16-18-15(11-22-16)17(19)21-10-12-4-2-3-5-12/h2,4-9,11H,3,10H2,1H3. The first-order chi connectivity index (χ1) is 10.8. The maximum Gasteiger partial charge on any atom is 0.358 e. The summed E-state index contributed by atoms with van der Waals surface area (Å²) in [5.41, 5.74) is 2.32. The van der Waals surface area contributed by atoms with Crippen LogP contribution < -0.4 is 4.74 Å². The van der Waals surface area contributed by atoms with Crippen molar-refractivity contribution in [1.82, 2.24) is 4.98 Å². The lowest BCUT2D eigenvalue weighted by Crippen LogP contribution is -2.07. The molecule has 0 atom stereocenters. The van der Waals surface area contributed by atoms with Crippen molar-refractivity contribution in [1.29, 1.82) is 0 Å². The average Bonchev–Trinajstić information content (AvgIpc) is 3.24. The number of esters is 1. The zero-order valence-electron chi connectivity index (χ0n) is 12.1. The van der Waals surface area contributed by atoms with Crippen molar-refractivity contribution in [3.8, 4) is 16.3 Å². The number of benzene rings is 1. The number of nitrogens with zero attached hydrogens (tertiary/aromatic N) is 1. The lowest BCUT2D eigenvalue weighted by Gasteiger charge is -2.02. The minimum absolute atomic E-state index is 0.296. The van der Waals surface area contributed by atoms with Gasteiger partial charge in [0.2, 0.25) is 0 Å². The van der Waals surface area contributed by atoms with Crippen LogP contribution in [-0.4, -0.2) is 24.7 Å². The Morgan fingerprint density at radius 1 is 1.32 bits per heavy atom. The molecule has 1 aromatic carbocycles. The third kappa shape index (κ3) is 3.26. The van der Waals surface area contributed by atoms with Crippen molar-refractivity contribution in [2.45, 2.75) is 6.42 Å². The van der Waals surface area contributed by atoms with E-state index in [1.807, 2.05) is 42.5 Å². The number of hydrogen-bond acceptors (Lipinski definition) is 5. The molecule has 0 N–H and O–H groups in total. The summed E-state index contributed by atoms with van der Waals surface area (Å²) in [6, 6.07) is 7.57. The van der Waals surface area contributed by atoms with Gasteiger partial charge in [0.15, 0.2) is 5.69 Å². The minimum atomic E-state index is -0.391. The second-order valence-corrected chi connectivity index (χ2v) is 5.62. The van der Waals surface area contributed by atoms with Gasteiger partial charge in [0, 0.05) is 10.9 Å². The van der Waals surface area contributed by atoms with E-state index >= 15 is 0 Å². The van der Waals surface area contributed by atoms with E-state index in [1.165, 1.54) is 11.3 Å². The molecule has 1 aliphatic rings. The summed E-state index contributed by atoms with van der Waals surface area (Å²) in [5, 5.41) is 2.51. The first-order valence-corrected chi connectivity index (χ1v) is 7.77. The van der Waals surface area contributed by atoms with Crippen LogP contribution in [0.25, 0.3) is 10.6 Å². The van der Waals surface area contributed by atoms with Crippen molar-refractivity contribution in [3.63, 3.8) is 0 Å². The van der Waals surface area contributed by atoms with Crippen LogP contribution in [0.1, 0.15) is 16.9 Å². The Morgan fingerprint density at radius 3 is 2.82 bits per heavy atom. The Labute approximate surface area is 132 Å². The Hall–Kier alpha value is -2.40. The topological polar surface area (TPSA) is 48.4 Å². The molecule has 0 saturated carbocycles. The van der Waals surface area contributed by atoms with Crippen LogP contribution in [-0.2, 0) is 4.74 Å². The summed E-state index contributed by atoms with van der Waals surface area (Å²) in [5.74, 6) is 0.398. The number of ether oxygens (including phenoxy) is 2. The lowest BCUT2D eigenvalue weighted by molar-refractivity contribution is 0.0537. The van der Waals surface area contributed by atoms with Crippen molar-refractivity contribution < 1.29 is 14.3 Å². The van der Waals surface area contributed by atoms with Gasteiger partial charge in [-0.05, 0) is 36.3 Å². The van der Waals surface area contributed by atoms with Gasteiger partial charge in [-0.1, -0.05) is 18.2 Å². The normalized spacial score (nSPS) is 13.0. The first-order valence-electron chi connectivity index (χ1n) is 6.89. The molecule has 0 fully saturated rings. The maximum atomic E-state index is 12.0. The molecule has 0 saturated heterocycles. The Balaban J connectivity index is 1.66. The first kappa shape index (κ1) is 14.5. The highest BCUT2D eigenvalue weighted by Crippen LogP contribution is 2.26. The maximum absolute atomic E-state index is 12.0. The highest BCUT2D eigenvalue weighted by Gasteiger charge is 2.14. The van der Waals surface area contributed by atoms with Crippen molar-refractivity contribution in [3.05, 3.63) is 59.1 Å². The summed E-state index contributed by atoms with van der Waals surface area (Å²) < 4.78 is 10.4. The van der Waals surface area contributed by atoms with Crippen LogP contribution >= 0.6 is 11.3 Å². The molecular formula is C17H15NO3S. The SMILES string of the molecule is COc1ccc(-c2nc(C(=O)OCC3=CCC=C3)cs2)cc1. The van der Waals surface area contributed by atoms with Gasteiger partial charge in [-0.15, -0.1) is 11.3 Å². The van der Waals surface area contributed by atoms with Crippen LogP contribution in [0.5, 0.6) is 5.75 Å². The smallest absolute Gasteiger partial charge is 0.358 e. The molecular weight excluding hydrogens is 298 g/mol. The highest BCUT2D eigenvalue weighted by atomic mass is 32.1. The molecule has 0 aliphatic heterocycles. The van der Waals surface area contributed by atoms with E-state index in [4.69, 9.17) is 9.47 Å². The quantitative estimate of drug-likeness (QED) is 0.786. The third-order valence-electron chi connectivity index (χ3n) is 3.27. The molecule has 4 nitrogen and oxygen atoms in total. The lowest BCUT2D eigenvalue weighted by atomic mass is 10.2. The summed E-state index contributed by atoms with van der Waals surface area (Å²) >= 11 is 1.42. The molecule has 3 rings (SSSR count). The zero-order valence-corrected chi connectivity index (χ0v) is 12.9. The second-order valence-electron chi connectivity index (χ2n) is 4.76. The van der Waals surface area contributed by atoms with Gasteiger partial charge >= 0.3 is 5.97 Å². The molecule has 2 aromatic rings. The fraction of sp³-hybridized carbons (Fsp3) is 0.176.